The molecule has 2 aromatic heterocycles. The quantitative estimate of drug-likeness (QED) is 0.914. The van der Waals surface area contributed by atoms with Crippen LogP contribution in [0.25, 0.3) is 10.9 Å². The van der Waals surface area contributed by atoms with E-state index < -0.39 is 0 Å². The Morgan fingerprint density at radius 1 is 1.00 bits per heavy atom. The molecule has 1 fully saturated rings. The van der Waals surface area contributed by atoms with Gasteiger partial charge < -0.3 is 10.6 Å². The van der Waals surface area contributed by atoms with Crippen LogP contribution in [0.15, 0.2) is 18.6 Å². The molecule has 102 valence electrons. The summed E-state index contributed by atoms with van der Waals surface area (Å²) >= 11 is 0. The summed E-state index contributed by atoms with van der Waals surface area (Å²) in [5, 5.41) is 5.44. The number of nitrogen functional groups attached to an aromatic ring is 1. The largest absolute Gasteiger partial charge is 0.397 e. The number of likely N-dealkylation sites (tertiary alicyclic amines) is 1. The highest BCUT2D eigenvalue weighted by Gasteiger charge is 2.10. The Hall–Kier alpha value is -1.62. The van der Waals surface area contributed by atoms with E-state index in [1.807, 2.05) is 17.1 Å². The fourth-order valence-corrected chi connectivity index (χ4v) is 2.79. The number of pyridine rings is 1. The van der Waals surface area contributed by atoms with Crippen molar-refractivity contribution < 1.29 is 0 Å². The van der Waals surface area contributed by atoms with Crippen molar-refractivity contribution in [2.24, 2.45) is 0 Å². The summed E-state index contributed by atoms with van der Waals surface area (Å²) in [7, 11) is 0. The minimum Gasteiger partial charge on any atom is -0.397 e. The predicted octanol–water partition coefficient (Wildman–Crippen LogP) is 1.89. The number of rotatable bonds is 3. The molecule has 0 saturated carbocycles. The SMILES string of the molecule is Nc1cncc2c1cnn2CCN1CCCCCC1. The van der Waals surface area contributed by atoms with Gasteiger partial charge in [-0.25, -0.2) is 0 Å². The first kappa shape index (κ1) is 12.4. The third-order valence-corrected chi connectivity index (χ3v) is 3.93. The lowest BCUT2D eigenvalue weighted by molar-refractivity contribution is 0.270. The van der Waals surface area contributed by atoms with Gasteiger partial charge in [0.2, 0.25) is 0 Å². The van der Waals surface area contributed by atoms with E-state index in [0.29, 0.717) is 5.69 Å². The van der Waals surface area contributed by atoms with Crippen molar-refractivity contribution in [1.82, 2.24) is 19.7 Å². The van der Waals surface area contributed by atoms with Crippen molar-refractivity contribution in [2.45, 2.75) is 32.2 Å². The average Bonchev–Trinajstić information content (AvgIpc) is 2.67. The van der Waals surface area contributed by atoms with Gasteiger partial charge in [-0.15, -0.1) is 0 Å². The van der Waals surface area contributed by atoms with E-state index >= 15 is 0 Å². The molecule has 0 aliphatic carbocycles. The van der Waals surface area contributed by atoms with Crippen LogP contribution in [0.1, 0.15) is 25.7 Å². The molecule has 0 bridgehead atoms. The van der Waals surface area contributed by atoms with Gasteiger partial charge in [0.05, 0.1) is 36.3 Å². The normalized spacial score (nSPS) is 17.7. The van der Waals surface area contributed by atoms with Gasteiger partial charge in [0.15, 0.2) is 0 Å². The van der Waals surface area contributed by atoms with Crippen LogP contribution in [0.5, 0.6) is 0 Å². The topological polar surface area (TPSA) is 60.0 Å². The zero-order valence-electron chi connectivity index (χ0n) is 11.3. The van der Waals surface area contributed by atoms with Gasteiger partial charge in [-0.3, -0.25) is 9.67 Å². The average molecular weight is 259 g/mol. The third kappa shape index (κ3) is 2.71. The van der Waals surface area contributed by atoms with Crippen molar-refractivity contribution in [3.05, 3.63) is 18.6 Å². The summed E-state index contributed by atoms with van der Waals surface area (Å²) in [4.78, 5) is 6.70. The summed E-state index contributed by atoms with van der Waals surface area (Å²) < 4.78 is 2.02. The molecule has 0 atom stereocenters. The Bertz CT molecular complexity index is 540. The Kier molecular flexibility index (Phi) is 3.64. The van der Waals surface area contributed by atoms with Crippen LogP contribution >= 0.6 is 0 Å². The Labute approximate surface area is 113 Å². The van der Waals surface area contributed by atoms with Crippen LogP contribution < -0.4 is 5.73 Å². The van der Waals surface area contributed by atoms with Crippen LogP contribution in [-0.2, 0) is 6.54 Å². The summed E-state index contributed by atoms with van der Waals surface area (Å²) in [5.74, 6) is 0. The van der Waals surface area contributed by atoms with Crippen LogP contribution in [0.2, 0.25) is 0 Å². The molecule has 1 saturated heterocycles. The molecule has 1 aliphatic rings. The molecule has 0 aromatic carbocycles. The van der Waals surface area contributed by atoms with Crippen LogP contribution in [0.3, 0.4) is 0 Å². The Balaban J connectivity index is 1.69. The van der Waals surface area contributed by atoms with Gasteiger partial charge >= 0.3 is 0 Å². The molecule has 5 nitrogen and oxygen atoms in total. The van der Waals surface area contributed by atoms with Crippen LogP contribution in [0.4, 0.5) is 5.69 Å². The smallest absolute Gasteiger partial charge is 0.0886 e. The standard InChI is InChI=1S/C14H21N5/c15-13-10-16-11-14-12(13)9-17-19(14)8-7-18-5-3-1-2-4-6-18/h9-11H,1-8,15H2. The summed E-state index contributed by atoms with van der Waals surface area (Å²) in [6, 6.07) is 0. The Morgan fingerprint density at radius 2 is 1.79 bits per heavy atom. The second-order valence-electron chi connectivity index (χ2n) is 5.29. The number of aromatic nitrogens is 3. The lowest BCUT2D eigenvalue weighted by atomic mass is 10.2. The van der Waals surface area contributed by atoms with E-state index in [1.165, 1.54) is 38.8 Å². The molecular formula is C14H21N5. The molecule has 0 amide bonds. The van der Waals surface area contributed by atoms with Crippen molar-refractivity contribution in [3.8, 4) is 0 Å². The van der Waals surface area contributed by atoms with E-state index in [0.717, 1.165) is 24.0 Å². The minimum absolute atomic E-state index is 0.707. The molecule has 3 rings (SSSR count). The van der Waals surface area contributed by atoms with Gasteiger partial charge in [-0.2, -0.15) is 5.10 Å². The first-order valence-electron chi connectivity index (χ1n) is 7.12. The van der Waals surface area contributed by atoms with Crippen LogP contribution in [-0.4, -0.2) is 39.3 Å². The third-order valence-electron chi connectivity index (χ3n) is 3.93. The molecule has 3 heterocycles. The first-order valence-corrected chi connectivity index (χ1v) is 7.12. The zero-order valence-corrected chi connectivity index (χ0v) is 11.3. The highest BCUT2D eigenvalue weighted by atomic mass is 15.3. The van der Waals surface area contributed by atoms with Crippen molar-refractivity contribution in [1.29, 1.82) is 0 Å². The minimum atomic E-state index is 0.707. The molecular weight excluding hydrogens is 238 g/mol. The second kappa shape index (κ2) is 5.57. The summed E-state index contributed by atoms with van der Waals surface area (Å²) in [6.45, 7) is 4.42. The number of hydrogen-bond acceptors (Lipinski definition) is 4. The lowest BCUT2D eigenvalue weighted by Crippen LogP contribution is -2.28. The predicted molar refractivity (Wildman–Crippen MR) is 76.8 cm³/mol. The molecule has 5 heteroatoms. The summed E-state index contributed by atoms with van der Waals surface area (Å²) in [5.41, 5.74) is 7.65. The lowest BCUT2D eigenvalue weighted by Gasteiger charge is -2.19. The fraction of sp³-hybridized carbons (Fsp3) is 0.571. The second-order valence-corrected chi connectivity index (χ2v) is 5.29. The molecule has 0 unspecified atom stereocenters. The van der Waals surface area contributed by atoms with Gasteiger partial charge in [0.1, 0.15) is 0 Å². The van der Waals surface area contributed by atoms with E-state index in [4.69, 9.17) is 5.73 Å². The maximum absolute atomic E-state index is 5.90. The van der Waals surface area contributed by atoms with Gasteiger partial charge in [0.25, 0.3) is 0 Å². The van der Waals surface area contributed by atoms with Crippen molar-refractivity contribution in [3.63, 3.8) is 0 Å². The monoisotopic (exact) mass is 259 g/mol. The number of anilines is 1. The number of hydrogen-bond donors (Lipinski definition) is 1. The maximum atomic E-state index is 5.90. The van der Waals surface area contributed by atoms with Crippen LogP contribution in [0, 0.1) is 0 Å². The zero-order chi connectivity index (χ0) is 13.1. The molecule has 19 heavy (non-hydrogen) atoms. The van der Waals surface area contributed by atoms with Gasteiger partial charge in [-0.1, -0.05) is 12.8 Å². The van der Waals surface area contributed by atoms with Gasteiger partial charge in [-0.05, 0) is 25.9 Å². The fourth-order valence-electron chi connectivity index (χ4n) is 2.79. The Morgan fingerprint density at radius 3 is 2.58 bits per heavy atom. The highest BCUT2D eigenvalue weighted by Crippen LogP contribution is 2.18. The highest BCUT2D eigenvalue weighted by molar-refractivity contribution is 5.88. The molecule has 0 radical (unpaired) electrons. The molecule has 1 aliphatic heterocycles. The van der Waals surface area contributed by atoms with Crippen molar-refractivity contribution in [2.75, 3.05) is 25.4 Å². The molecule has 2 aromatic rings. The van der Waals surface area contributed by atoms with E-state index in [2.05, 4.69) is 15.0 Å². The van der Waals surface area contributed by atoms with Crippen molar-refractivity contribution >= 4 is 16.6 Å². The summed E-state index contributed by atoms with van der Waals surface area (Å²) in [6.07, 6.45) is 10.8. The van der Waals surface area contributed by atoms with E-state index in [1.54, 1.807) is 6.20 Å². The van der Waals surface area contributed by atoms with Gasteiger partial charge in [0, 0.05) is 11.9 Å². The molecule has 2 N–H and O–H groups in total. The first-order chi connectivity index (χ1) is 9.34. The number of nitrogens with zero attached hydrogens (tertiary/aromatic N) is 4. The number of fused-ring (bicyclic) bond motifs is 1. The maximum Gasteiger partial charge on any atom is 0.0886 e. The molecule has 0 spiro atoms. The van der Waals surface area contributed by atoms with E-state index in [-0.39, 0.29) is 0 Å². The van der Waals surface area contributed by atoms with E-state index in [9.17, 15) is 0 Å². The number of nitrogens with two attached hydrogens (primary N) is 1.